The van der Waals surface area contributed by atoms with Crippen molar-refractivity contribution in [1.82, 2.24) is 20.2 Å². The molecule has 3 heterocycles. The lowest BCUT2D eigenvalue weighted by Gasteiger charge is -2.39. The number of nitrogens with one attached hydrogen (secondary N) is 1. The summed E-state index contributed by atoms with van der Waals surface area (Å²) in [6.45, 7) is 6.27. The van der Waals surface area contributed by atoms with E-state index in [-0.39, 0.29) is 39.3 Å². The normalized spacial score (nSPS) is 18.4. The molecule has 1 amide bonds. The summed E-state index contributed by atoms with van der Waals surface area (Å²) in [5, 5.41) is 12.7. The van der Waals surface area contributed by atoms with E-state index in [0.29, 0.717) is 68.9 Å². The molecule has 0 aliphatic carbocycles. The minimum atomic E-state index is -4.87. The fourth-order valence-corrected chi connectivity index (χ4v) is 6.46. The van der Waals surface area contributed by atoms with Crippen molar-refractivity contribution in [3.8, 4) is 17.0 Å². The molecule has 1 unspecified atom stereocenters. The van der Waals surface area contributed by atoms with Gasteiger partial charge in [-0.2, -0.15) is 23.1 Å². The second kappa shape index (κ2) is 13.3. The highest BCUT2D eigenvalue weighted by Crippen LogP contribution is 2.43. The maximum atomic E-state index is 14.8. The van der Waals surface area contributed by atoms with E-state index in [2.05, 4.69) is 15.3 Å². The van der Waals surface area contributed by atoms with E-state index >= 15 is 0 Å². The number of alkyl halides is 3. The van der Waals surface area contributed by atoms with Crippen molar-refractivity contribution in [2.24, 2.45) is 5.41 Å². The molecule has 2 aromatic carbocycles. The van der Waals surface area contributed by atoms with Crippen LogP contribution >= 0.6 is 11.6 Å². The molecule has 0 radical (unpaired) electrons. The maximum Gasteiger partial charge on any atom is 0.429 e. The molecule has 46 heavy (non-hydrogen) atoms. The molecule has 2 atom stereocenters. The van der Waals surface area contributed by atoms with Gasteiger partial charge < -0.3 is 30.7 Å². The number of anilines is 2. The van der Waals surface area contributed by atoms with Gasteiger partial charge in [0, 0.05) is 54.9 Å². The fraction of sp³-hybridized carbons (Fsp3) is 0.438. The van der Waals surface area contributed by atoms with Gasteiger partial charge in [-0.1, -0.05) is 29.8 Å². The van der Waals surface area contributed by atoms with Crippen LogP contribution in [0.3, 0.4) is 0 Å². The second-order valence-electron chi connectivity index (χ2n) is 11.7. The van der Waals surface area contributed by atoms with E-state index < -0.39 is 24.3 Å². The van der Waals surface area contributed by atoms with Crippen LogP contribution in [-0.2, 0) is 4.79 Å². The van der Waals surface area contributed by atoms with E-state index in [1.165, 1.54) is 24.3 Å². The Morgan fingerprint density at radius 3 is 2.50 bits per heavy atom. The molecule has 246 valence electrons. The number of carbonyl (C=O) groups excluding carboxylic acids is 1. The van der Waals surface area contributed by atoms with Crippen LogP contribution in [0.4, 0.5) is 24.9 Å². The third-order valence-corrected chi connectivity index (χ3v) is 9.05. The number of amides is 1. The average molecular weight is 661 g/mol. The van der Waals surface area contributed by atoms with Crippen LogP contribution in [0.1, 0.15) is 55.1 Å². The molecular weight excluding hydrogens is 625 g/mol. The number of aromatic nitrogens is 2. The number of piperidine rings is 1. The van der Waals surface area contributed by atoms with Gasteiger partial charge in [-0.3, -0.25) is 9.59 Å². The van der Waals surface area contributed by atoms with Gasteiger partial charge >= 0.3 is 12.1 Å². The summed E-state index contributed by atoms with van der Waals surface area (Å²) in [7, 11) is 0. The predicted molar refractivity (Wildman–Crippen MR) is 168 cm³/mol. The minimum Gasteiger partial charge on any atom is -0.480 e. The molecule has 3 aromatic rings. The number of carboxylic acid groups (broad SMARTS) is 1. The molecule has 2 aliphatic heterocycles. The van der Waals surface area contributed by atoms with Gasteiger partial charge in [-0.15, -0.1) is 0 Å². The molecule has 1 aromatic heterocycles. The molecular formula is C32H36ClF3N6O4. The van der Waals surface area contributed by atoms with Gasteiger partial charge in [-0.05, 0) is 73.9 Å². The van der Waals surface area contributed by atoms with Gasteiger partial charge in [-0.25, -0.2) is 0 Å². The first-order valence-corrected chi connectivity index (χ1v) is 15.5. The monoisotopic (exact) mass is 660 g/mol. The van der Waals surface area contributed by atoms with Gasteiger partial charge in [0.2, 0.25) is 17.9 Å². The zero-order valence-corrected chi connectivity index (χ0v) is 26.2. The van der Waals surface area contributed by atoms with Gasteiger partial charge in [0.05, 0.1) is 0 Å². The molecule has 2 saturated heterocycles. The van der Waals surface area contributed by atoms with Crippen molar-refractivity contribution in [2.75, 3.05) is 43.4 Å². The Morgan fingerprint density at radius 1 is 1.15 bits per heavy atom. The minimum absolute atomic E-state index is 0.150. The van der Waals surface area contributed by atoms with Crippen LogP contribution < -0.4 is 20.7 Å². The van der Waals surface area contributed by atoms with Crippen molar-refractivity contribution in [1.29, 1.82) is 0 Å². The number of nitrogen functional groups attached to an aromatic ring is 1. The number of carboxylic acids is 1. The number of rotatable bonds is 9. The van der Waals surface area contributed by atoms with Crippen molar-refractivity contribution in [3.05, 3.63) is 64.7 Å². The van der Waals surface area contributed by atoms with Crippen LogP contribution in [0.25, 0.3) is 11.1 Å². The second-order valence-corrected chi connectivity index (χ2v) is 12.2. The Morgan fingerprint density at radius 2 is 1.87 bits per heavy atom. The van der Waals surface area contributed by atoms with Gasteiger partial charge in [0.1, 0.15) is 11.9 Å². The number of halogens is 4. The third kappa shape index (κ3) is 7.15. The number of benzene rings is 2. The number of carbonyl (C=O) groups is 2. The summed E-state index contributed by atoms with van der Waals surface area (Å²) < 4.78 is 49.9. The standard InChI is InChI=1S/C32H36ClF3N6O4/c1-3-41(4-2)28(43)20-7-5-6-19(14-20)23-15-21(33)8-9-22(23)27(32(34,35)36)46-26-16-25(39-30(37)40-26)42-12-10-31(11-13-42)17-24(29(44)45)38-18-31/h5-9,14-16,24,27,38H,3-4,10-13,17-18H2,1-2H3,(H,44,45)(H2,37,39,40)/t24-,27?/m0/s1. The van der Waals surface area contributed by atoms with Crippen LogP contribution in [0, 0.1) is 5.41 Å². The smallest absolute Gasteiger partial charge is 0.429 e. The average Bonchev–Trinajstić information content (AvgIpc) is 3.44. The number of nitrogens with zero attached hydrogens (tertiary/aromatic N) is 4. The summed E-state index contributed by atoms with van der Waals surface area (Å²) in [6.07, 6.45) is -5.45. The van der Waals surface area contributed by atoms with Crippen LogP contribution in [0.2, 0.25) is 5.02 Å². The number of aliphatic carboxylic acids is 1. The summed E-state index contributed by atoms with van der Waals surface area (Å²) in [5.41, 5.74) is 6.41. The third-order valence-electron chi connectivity index (χ3n) is 8.82. The Labute approximate surface area is 269 Å². The molecule has 1 spiro atoms. The molecule has 2 fully saturated rings. The van der Waals surface area contributed by atoms with Crippen LogP contribution in [0.5, 0.6) is 5.88 Å². The lowest BCUT2D eigenvalue weighted by Crippen LogP contribution is -2.41. The number of hydrogen-bond donors (Lipinski definition) is 3. The topological polar surface area (TPSA) is 134 Å². The van der Waals surface area contributed by atoms with Crippen molar-refractivity contribution in [2.45, 2.75) is 51.4 Å². The Balaban J connectivity index is 1.43. The fourth-order valence-electron chi connectivity index (χ4n) is 6.28. The number of nitrogens with two attached hydrogens (primary N) is 1. The first-order chi connectivity index (χ1) is 21.8. The zero-order valence-electron chi connectivity index (χ0n) is 25.5. The lowest BCUT2D eigenvalue weighted by molar-refractivity contribution is -0.198. The predicted octanol–water partition coefficient (Wildman–Crippen LogP) is 5.58. The SMILES string of the molecule is CCN(CC)C(=O)c1cccc(-c2cc(Cl)ccc2C(Oc2cc(N3CCC4(CC3)CN[C@H](C(=O)O)C4)nc(N)n2)C(F)(F)F)c1. The van der Waals surface area contributed by atoms with Crippen molar-refractivity contribution >= 4 is 35.2 Å². The molecule has 2 aliphatic rings. The summed E-state index contributed by atoms with van der Waals surface area (Å²) in [4.78, 5) is 36.2. The zero-order chi connectivity index (χ0) is 33.2. The number of hydrogen-bond acceptors (Lipinski definition) is 8. The van der Waals surface area contributed by atoms with Crippen LogP contribution in [-0.4, -0.2) is 76.8 Å². The highest BCUT2D eigenvalue weighted by atomic mass is 35.5. The van der Waals surface area contributed by atoms with Crippen molar-refractivity contribution < 1.29 is 32.6 Å². The first-order valence-electron chi connectivity index (χ1n) is 15.1. The van der Waals surface area contributed by atoms with E-state index in [1.54, 1.807) is 29.2 Å². The van der Waals surface area contributed by atoms with E-state index in [4.69, 9.17) is 22.1 Å². The number of ether oxygens (including phenoxy) is 1. The van der Waals surface area contributed by atoms with Gasteiger partial charge in [0.15, 0.2) is 0 Å². The molecule has 4 N–H and O–H groups in total. The summed E-state index contributed by atoms with van der Waals surface area (Å²) in [6, 6.07) is 11.2. The van der Waals surface area contributed by atoms with E-state index in [9.17, 15) is 27.9 Å². The Hall–Kier alpha value is -4.10. The summed E-state index contributed by atoms with van der Waals surface area (Å²) >= 11 is 6.27. The Bertz CT molecular complexity index is 1590. The quantitative estimate of drug-likeness (QED) is 0.269. The molecule has 5 rings (SSSR count). The molecule has 0 bridgehead atoms. The highest BCUT2D eigenvalue weighted by Gasteiger charge is 2.46. The molecule has 10 nitrogen and oxygen atoms in total. The Kier molecular flexibility index (Phi) is 9.64. The van der Waals surface area contributed by atoms with Gasteiger partial charge in [0.25, 0.3) is 5.91 Å². The summed E-state index contributed by atoms with van der Waals surface area (Å²) in [5.74, 6) is -1.41. The van der Waals surface area contributed by atoms with Crippen LogP contribution in [0.15, 0.2) is 48.5 Å². The largest absolute Gasteiger partial charge is 0.480 e. The van der Waals surface area contributed by atoms with E-state index in [1.807, 2.05) is 18.7 Å². The first kappa shape index (κ1) is 33.3. The molecule has 14 heteroatoms. The van der Waals surface area contributed by atoms with E-state index in [0.717, 1.165) is 0 Å². The molecule has 0 saturated carbocycles. The van der Waals surface area contributed by atoms with Crippen molar-refractivity contribution in [3.63, 3.8) is 0 Å². The maximum absolute atomic E-state index is 14.8. The lowest BCUT2D eigenvalue weighted by atomic mass is 9.76. The highest BCUT2D eigenvalue weighted by molar-refractivity contribution is 6.30.